The highest BCUT2D eigenvalue weighted by molar-refractivity contribution is 7.09. The van der Waals surface area contributed by atoms with Crippen LogP contribution in [-0.2, 0) is 6.42 Å². The molecule has 3 nitrogen and oxygen atoms in total. The third-order valence-corrected chi connectivity index (χ3v) is 4.25. The molecule has 0 aliphatic carbocycles. The normalized spacial score (nSPS) is 10.3. The van der Waals surface area contributed by atoms with Gasteiger partial charge in [-0.1, -0.05) is 30.3 Å². The fraction of sp³-hybridized carbons (Fsp3) is 0.105. The summed E-state index contributed by atoms with van der Waals surface area (Å²) in [6.45, 7) is 0.628. The van der Waals surface area contributed by atoms with E-state index in [1.165, 1.54) is 4.88 Å². The number of hydrogen-bond donors (Lipinski definition) is 1. The van der Waals surface area contributed by atoms with Crippen LogP contribution in [0.4, 0.5) is 0 Å². The number of para-hydroxylation sites is 1. The highest BCUT2D eigenvalue weighted by Crippen LogP contribution is 2.21. The molecule has 0 aliphatic rings. The number of carbonyl (C=O) groups is 1. The van der Waals surface area contributed by atoms with Gasteiger partial charge >= 0.3 is 0 Å². The summed E-state index contributed by atoms with van der Waals surface area (Å²) in [7, 11) is 0. The minimum Gasteiger partial charge on any atom is -0.457 e. The van der Waals surface area contributed by atoms with E-state index >= 15 is 0 Å². The van der Waals surface area contributed by atoms with Crippen LogP contribution in [0.1, 0.15) is 15.2 Å². The van der Waals surface area contributed by atoms with Gasteiger partial charge in [0.1, 0.15) is 11.5 Å². The number of carbonyl (C=O) groups excluding carboxylic acids is 1. The van der Waals surface area contributed by atoms with Gasteiger partial charge in [-0.25, -0.2) is 0 Å². The molecule has 0 aliphatic heterocycles. The predicted octanol–water partition coefficient (Wildman–Crippen LogP) is 4.51. The van der Waals surface area contributed by atoms with Crippen molar-refractivity contribution in [2.24, 2.45) is 0 Å². The van der Waals surface area contributed by atoms with E-state index in [2.05, 4.69) is 11.4 Å². The highest BCUT2D eigenvalue weighted by Gasteiger charge is 2.07. The lowest BCUT2D eigenvalue weighted by Gasteiger charge is -2.08. The second-order valence-corrected chi connectivity index (χ2v) is 6.06. The molecule has 1 N–H and O–H groups in total. The summed E-state index contributed by atoms with van der Waals surface area (Å²) in [5, 5.41) is 4.98. The van der Waals surface area contributed by atoms with Gasteiger partial charge in [-0.3, -0.25) is 4.79 Å². The zero-order valence-electron chi connectivity index (χ0n) is 12.6. The van der Waals surface area contributed by atoms with Crippen molar-refractivity contribution in [3.63, 3.8) is 0 Å². The standard InChI is InChI=1S/C19H17NO2S/c21-19(20-12-11-18-10-5-13-23-18)15-6-4-9-17(14-15)22-16-7-2-1-3-8-16/h1-10,13-14H,11-12H2,(H,20,21). The van der Waals surface area contributed by atoms with Crippen LogP contribution >= 0.6 is 11.3 Å². The molecule has 1 aromatic heterocycles. The molecule has 0 unspecified atom stereocenters. The monoisotopic (exact) mass is 323 g/mol. The first-order chi connectivity index (χ1) is 11.3. The SMILES string of the molecule is O=C(NCCc1cccs1)c1cccc(Oc2ccccc2)c1. The zero-order chi connectivity index (χ0) is 15.9. The first kappa shape index (κ1) is 15.3. The molecule has 1 heterocycles. The first-order valence-electron chi connectivity index (χ1n) is 7.45. The Bertz CT molecular complexity index is 754. The smallest absolute Gasteiger partial charge is 0.251 e. The molecule has 116 valence electrons. The topological polar surface area (TPSA) is 38.3 Å². The molecular formula is C19H17NO2S. The van der Waals surface area contributed by atoms with Gasteiger partial charge in [-0.05, 0) is 48.2 Å². The summed E-state index contributed by atoms with van der Waals surface area (Å²) in [6, 6.07) is 20.8. The van der Waals surface area contributed by atoms with Crippen molar-refractivity contribution in [1.82, 2.24) is 5.32 Å². The Morgan fingerprint density at radius 1 is 0.957 bits per heavy atom. The summed E-state index contributed by atoms with van der Waals surface area (Å²) in [5.74, 6) is 1.32. The predicted molar refractivity (Wildman–Crippen MR) is 93.3 cm³/mol. The minimum atomic E-state index is -0.0833. The van der Waals surface area contributed by atoms with E-state index in [9.17, 15) is 4.79 Å². The third-order valence-electron chi connectivity index (χ3n) is 3.31. The van der Waals surface area contributed by atoms with Crippen molar-refractivity contribution in [1.29, 1.82) is 0 Å². The van der Waals surface area contributed by atoms with Gasteiger partial charge in [0, 0.05) is 17.0 Å². The molecule has 0 saturated heterocycles. The maximum Gasteiger partial charge on any atom is 0.251 e. The first-order valence-corrected chi connectivity index (χ1v) is 8.33. The quantitative estimate of drug-likeness (QED) is 0.724. The van der Waals surface area contributed by atoms with Crippen LogP contribution < -0.4 is 10.1 Å². The molecule has 0 atom stereocenters. The Morgan fingerprint density at radius 2 is 1.78 bits per heavy atom. The van der Waals surface area contributed by atoms with Crippen LogP contribution in [-0.4, -0.2) is 12.5 Å². The number of rotatable bonds is 6. The van der Waals surface area contributed by atoms with Crippen molar-refractivity contribution in [3.8, 4) is 11.5 Å². The molecule has 0 fully saturated rings. The Hall–Kier alpha value is -2.59. The average molecular weight is 323 g/mol. The maximum absolute atomic E-state index is 12.2. The third kappa shape index (κ3) is 4.44. The summed E-state index contributed by atoms with van der Waals surface area (Å²) in [5.41, 5.74) is 0.601. The Morgan fingerprint density at radius 3 is 2.57 bits per heavy atom. The van der Waals surface area contributed by atoms with E-state index in [4.69, 9.17) is 4.74 Å². The van der Waals surface area contributed by atoms with Gasteiger partial charge < -0.3 is 10.1 Å². The Labute approximate surface area is 139 Å². The van der Waals surface area contributed by atoms with E-state index in [-0.39, 0.29) is 5.91 Å². The second kappa shape index (κ2) is 7.61. The Kier molecular flexibility index (Phi) is 5.06. The van der Waals surface area contributed by atoms with Gasteiger partial charge in [-0.2, -0.15) is 0 Å². The van der Waals surface area contributed by atoms with Gasteiger partial charge in [0.15, 0.2) is 0 Å². The van der Waals surface area contributed by atoms with Crippen molar-refractivity contribution in [2.75, 3.05) is 6.54 Å². The van der Waals surface area contributed by atoms with Crippen LogP contribution in [0.3, 0.4) is 0 Å². The van der Waals surface area contributed by atoms with Crippen LogP contribution in [0.2, 0.25) is 0 Å². The molecular weight excluding hydrogens is 306 g/mol. The van der Waals surface area contributed by atoms with E-state index in [1.54, 1.807) is 23.5 Å². The number of nitrogens with one attached hydrogen (secondary N) is 1. The number of hydrogen-bond acceptors (Lipinski definition) is 3. The maximum atomic E-state index is 12.2. The van der Waals surface area contributed by atoms with Gasteiger partial charge in [-0.15, -0.1) is 11.3 Å². The van der Waals surface area contributed by atoms with Gasteiger partial charge in [0.25, 0.3) is 5.91 Å². The molecule has 23 heavy (non-hydrogen) atoms. The molecule has 0 saturated carbocycles. The fourth-order valence-electron chi connectivity index (χ4n) is 2.18. The molecule has 0 radical (unpaired) electrons. The van der Waals surface area contributed by atoms with Crippen molar-refractivity contribution in [3.05, 3.63) is 82.6 Å². The van der Waals surface area contributed by atoms with Crippen molar-refractivity contribution < 1.29 is 9.53 Å². The number of benzene rings is 2. The molecule has 2 aromatic carbocycles. The molecule has 0 spiro atoms. The summed E-state index contributed by atoms with van der Waals surface area (Å²) in [6.07, 6.45) is 0.851. The summed E-state index contributed by atoms with van der Waals surface area (Å²) in [4.78, 5) is 13.5. The summed E-state index contributed by atoms with van der Waals surface area (Å²) < 4.78 is 5.75. The van der Waals surface area contributed by atoms with E-state index in [0.717, 1.165) is 12.2 Å². The van der Waals surface area contributed by atoms with Crippen LogP contribution in [0.15, 0.2) is 72.1 Å². The second-order valence-electron chi connectivity index (χ2n) is 5.03. The summed E-state index contributed by atoms with van der Waals surface area (Å²) >= 11 is 1.70. The highest BCUT2D eigenvalue weighted by atomic mass is 32.1. The zero-order valence-corrected chi connectivity index (χ0v) is 13.4. The van der Waals surface area contributed by atoms with Crippen LogP contribution in [0, 0.1) is 0 Å². The Balaban J connectivity index is 1.59. The largest absolute Gasteiger partial charge is 0.457 e. The molecule has 3 aromatic rings. The lowest BCUT2D eigenvalue weighted by atomic mass is 10.2. The fourth-order valence-corrected chi connectivity index (χ4v) is 2.89. The van der Waals surface area contributed by atoms with E-state index in [0.29, 0.717) is 17.9 Å². The molecule has 1 amide bonds. The van der Waals surface area contributed by atoms with Crippen molar-refractivity contribution >= 4 is 17.2 Å². The van der Waals surface area contributed by atoms with Gasteiger partial charge in [0.2, 0.25) is 0 Å². The average Bonchev–Trinajstić information content (AvgIpc) is 3.09. The van der Waals surface area contributed by atoms with E-state index in [1.807, 2.05) is 53.9 Å². The van der Waals surface area contributed by atoms with Crippen molar-refractivity contribution in [2.45, 2.75) is 6.42 Å². The molecule has 4 heteroatoms. The lowest BCUT2D eigenvalue weighted by Crippen LogP contribution is -2.25. The number of ether oxygens (including phenoxy) is 1. The number of thiophene rings is 1. The van der Waals surface area contributed by atoms with Gasteiger partial charge in [0.05, 0.1) is 0 Å². The minimum absolute atomic E-state index is 0.0833. The van der Waals surface area contributed by atoms with Crippen LogP contribution in [0.5, 0.6) is 11.5 Å². The molecule has 0 bridgehead atoms. The lowest BCUT2D eigenvalue weighted by molar-refractivity contribution is 0.0954. The van der Waals surface area contributed by atoms with Crippen LogP contribution in [0.25, 0.3) is 0 Å². The number of amides is 1. The molecule has 3 rings (SSSR count). The van der Waals surface area contributed by atoms with E-state index < -0.39 is 0 Å².